The number of rotatable bonds is 2. The molecule has 0 saturated heterocycles. The molecule has 0 aliphatic heterocycles. The summed E-state index contributed by atoms with van der Waals surface area (Å²) in [4.78, 5) is 4.77. The lowest BCUT2D eigenvalue weighted by atomic mass is 10.1. The van der Waals surface area contributed by atoms with E-state index in [1.807, 2.05) is 37.3 Å². The number of nitrogens with zero attached hydrogens (tertiary/aromatic N) is 5. The fourth-order valence-corrected chi connectivity index (χ4v) is 3.65. The van der Waals surface area contributed by atoms with E-state index in [-0.39, 0.29) is 0 Å². The second-order valence-corrected chi connectivity index (χ2v) is 6.37. The topological polar surface area (TPSA) is 69.1 Å². The number of pyridine rings is 1. The SMILES string of the molecule is Cc1c(-c2nn3c(-c4ccncc4)nnc3s2)oc2ccccc12. The highest BCUT2D eigenvalue weighted by molar-refractivity contribution is 7.19. The zero-order chi connectivity index (χ0) is 16.1. The van der Waals surface area contributed by atoms with Crippen molar-refractivity contribution in [1.29, 1.82) is 0 Å². The van der Waals surface area contributed by atoms with E-state index in [1.165, 1.54) is 11.3 Å². The zero-order valence-electron chi connectivity index (χ0n) is 12.7. The summed E-state index contributed by atoms with van der Waals surface area (Å²) in [5, 5.41) is 15.0. The van der Waals surface area contributed by atoms with Crippen molar-refractivity contribution >= 4 is 27.3 Å². The summed E-state index contributed by atoms with van der Waals surface area (Å²) in [6.45, 7) is 2.05. The van der Waals surface area contributed by atoms with Gasteiger partial charge in [-0.3, -0.25) is 4.98 Å². The number of fused-ring (bicyclic) bond motifs is 2. The first-order chi connectivity index (χ1) is 11.8. The number of aryl methyl sites for hydroxylation is 1. The molecule has 116 valence electrons. The van der Waals surface area contributed by atoms with E-state index in [0.717, 1.165) is 37.8 Å². The fraction of sp³-hybridized carbons (Fsp3) is 0.0588. The quantitative estimate of drug-likeness (QED) is 0.489. The van der Waals surface area contributed by atoms with Crippen LogP contribution in [0.2, 0.25) is 0 Å². The van der Waals surface area contributed by atoms with Gasteiger partial charge in [-0.2, -0.15) is 4.52 Å². The van der Waals surface area contributed by atoms with Crippen LogP contribution < -0.4 is 0 Å². The Balaban J connectivity index is 1.71. The maximum atomic E-state index is 6.01. The van der Waals surface area contributed by atoms with E-state index >= 15 is 0 Å². The Morgan fingerprint density at radius 1 is 1.04 bits per heavy atom. The summed E-state index contributed by atoms with van der Waals surface area (Å²) in [7, 11) is 0. The molecular weight excluding hydrogens is 322 g/mol. The van der Waals surface area contributed by atoms with Gasteiger partial charge in [0.2, 0.25) is 4.96 Å². The summed E-state index contributed by atoms with van der Waals surface area (Å²) in [5.74, 6) is 1.48. The summed E-state index contributed by atoms with van der Waals surface area (Å²) >= 11 is 1.46. The van der Waals surface area contributed by atoms with Crippen LogP contribution in [0.3, 0.4) is 0 Å². The lowest BCUT2D eigenvalue weighted by Gasteiger charge is -1.95. The normalized spacial score (nSPS) is 11.5. The number of furan rings is 1. The van der Waals surface area contributed by atoms with Crippen LogP contribution in [-0.4, -0.2) is 24.8 Å². The third-order valence-electron chi connectivity index (χ3n) is 3.97. The predicted molar refractivity (Wildman–Crippen MR) is 91.8 cm³/mol. The number of benzene rings is 1. The molecule has 0 aliphatic carbocycles. The molecule has 0 atom stereocenters. The van der Waals surface area contributed by atoms with Crippen molar-refractivity contribution in [3.8, 4) is 22.2 Å². The van der Waals surface area contributed by atoms with Crippen LogP contribution >= 0.6 is 11.3 Å². The molecule has 5 aromatic rings. The number of hydrogen-bond donors (Lipinski definition) is 0. The van der Waals surface area contributed by atoms with Crippen LogP contribution in [0.25, 0.3) is 38.1 Å². The largest absolute Gasteiger partial charge is 0.453 e. The Kier molecular flexibility index (Phi) is 2.77. The number of hydrogen-bond acceptors (Lipinski definition) is 6. The number of para-hydroxylation sites is 1. The molecule has 5 rings (SSSR count). The van der Waals surface area contributed by atoms with E-state index in [2.05, 4.69) is 26.3 Å². The van der Waals surface area contributed by atoms with Crippen LogP contribution in [0.1, 0.15) is 5.56 Å². The van der Waals surface area contributed by atoms with Gasteiger partial charge in [0, 0.05) is 28.9 Å². The fourth-order valence-electron chi connectivity index (χ4n) is 2.77. The highest BCUT2D eigenvalue weighted by Gasteiger charge is 2.19. The Labute approximate surface area is 140 Å². The van der Waals surface area contributed by atoms with Gasteiger partial charge in [-0.25, -0.2) is 0 Å². The standard InChI is InChI=1S/C17H11N5OS/c1-10-12-4-2-3-5-13(12)23-14(10)16-21-22-15(19-20-17(22)24-16)11-6-8-18-9-7-11/h2-9H,1H3. The van der Waals surface area contributed by atoms with Crippen LogP contribution in [-0.2, 0) is 0 Å². The van der Waals surface area contributed by atoms with Crippen LogP contribution in [0.4, 0.5) is 0 Å². The minimum Gasteiger partial charge on any atom is -0.453 e. The van der Waals surface area contributed by atoms with Gasteiger partial charge < -0.3 is 4.42 Å². The Morgan fingerprint density at radius 3 is 2.71 bits per heavy atom. The molecule has 0 fully saturated rings. The predicted octanol–water partition coefficient (Wildman–Crippen LogP) is 3.97. The van der Waals surface area contributed by atoms with Crippen molar-refractivity contribution in [3.63, 3.8) is 0 Å². The molecule has 0 radical (unpaired) electrons. The minimum atomic E-state index is 0.698. The molecule has 7 heteroatoms. The van der Waals surface area contributed by atoms with Crippen molar-refractivity contribution in [2.24, 2.45) is 0 Å². The molecule has 24 heavy (non-hydrogen) atoms. The lowest BCUT2D eigenvalue weighted by Crippen LogP contribution is -1.91. The first-order valence-corrected chi connectivity index (χ1v) is 8.24. The molecule has 6 nitrogen and oxygen atoms in total. The molecule has 4 aromatic heterocycles. The molecule has 0 amide bonds. The summed E-state index contributed by atoms with van der Waals surface area (Å²) in [5.41, 5.74) is 2.88. The molecule has 0 N–H and O–H groups in total. The van der Waals surface area contributed by atoms with Crippen LogP contribution in [0.5, 0.6) is 0 Å². The second kappa shape index (κ2) is 4.97. The lowest BCUT2D eigenvalue weighted by molar-refractivity contribution is 0.626. The molecule has 4 heterocycles. The average Bonchev–Trinajstić information content (AvgIpc) is 3.28. The zero-order valence-corrected chi connectivity index (χ0v) is 13.5. The maximum Gasteiger partial charge on any atom is 0.235 e. The van der Waals surface area contributed by atoms with E-state index in [0.29, 0.717) is 5.82 Å². The summed E-state index contributed by atoms with van der Waals surface area (Å²) in [6.07, 6.45) is 3.46. The van der Waals surface area contributed by atoms with E-state index < -0.39 is 0 Å². The third kappa shape index (κ3) is 1.88. The van der Waals surface area contributed by atoms with Gasteiger partial charge in [-0.1, -0.05) is 29.5 Å². The summed E-state index contributed by atoms with van der Waals surface area (Å²) in [6, 6.07) is 11.8. The van der Waals surface area contributed by atoms with Gasteiger partial charge in [0.25, 0.3) is 0 Å². The number of aromatic nitrogens is 5. The first-order valence-electron chi connectivity index (χ1n) is 7.42. The van der Waals surface area contributed by atoms with Crippen molar-refractivity contribution < 1.29 is 4.42 Å². The van der Waals surface area contributed by atoms with Crippen molar-refractivity contribution in [2.75, 3.05) is 0 Å². The van der Waals surface area contributed by atoms with E-state index in [4.69, 9.17) is 4.42 Å². The van der Waals surface area contributed by atoms with Crippen LogP contribution in [0.15, 0.2) is 53.2 Å². The van der Waals surface area contributed by atoms with Crippen molar-refractivity contribution in [3.05, 3.63) is 54.4 Å². The Morgan fingerprint density at radius 2 is 1.88 bits per heavy atom. The second-order valence-electron chi connectivity index (χ2n) is 5.41. The van der Waals surface area contributed by atoms with Gasteiger partial charge in [0.05, 0.1) is 0 Å². The van der Waals surface area contributed by atoms with Crippen molar-refractivity contribution in [2.45, 2.75) is 6.92 Å². The van der Waals surface area contributed by atoms with Gasteiger partial charge in [-0.15, -0.1) is 15.3 Å². The third-order valence-corrected chi connectivity index (χ3v) is 4.86. The smallest absolute Gasteiger partial charge is 0.235 e. The maximum absolute atomic E-state index is 6.01. The van der Waals surface area contributed by atoms with E-state index in [1.54, 1.807) is 16.9 Å². The van der Waals surface area contributed by atoms with Crippen LogP contribution in [0, 0.1) is 6.92 Å². The van der Waals surface area contributed by atoms with Gasteiger partial charge in [-0.05, 0) is 25.1 Å². The Hall–Kier alpha value is -3.06. The molecule has 0 spiro atoms. The molecule has 0 bridgehead atoms. The van der Waals surface area contributed by atoms with Gasteiger partial charge in [0.1, 0.15) is 5.58 Å². The van der Waals surface area contributed by atoms with Gasteiger partial charge in [0.15, 0.2) is 16.6 Å². The molecular formula is C17H11N5OS. The van der Waals surface area contributed by atoms with Gasteiger partial charge >= 0.3 is 0 Å². The van der Waals surface area contributed by atoms with Crippen molar-refractivity contribution in [1.82, 2.24) is 24.8 Å². The molecule has 0 aliphatic rings. The Bertz CT molecular complexity index is 1170. The highest BCUT2D eigenvalue weighted by Crippen LogP contribution is 2.35. The van der Waals surface area contributed by atoms with E-state index in [9.17, 15) is 0 Å². The first kappa shape index (κ1) is 13.4. The highest BCUT2D eigenvalue weighted by atomic mass is 32.1. The molecule has 0 saturated carbocycles. The summed E-state index contributed by atoms with van der Waals surface area (Å²) < 4.78 is 7.76. The molecule has 0 unspecified atom stereocenters. The monoisotopic (exact) mass is 333 g/mol. The average molecular weight is 333 g/mol. The minimum absolute atomic E-state index is 0.698. The molecule has 1 aromatic carbocycles.